The number of alkyl halides is 3. The average Bonchev–Trinajstić information content (AvgIpc) is 3.20. The largest absolute Gasteiger partial charge is 0.441 e. The zero-order valence-electron chi connectivity index (χ0n) is 22.6. The lowest BCUT2D eigenvalue weighted by molar-refractivity contribution is -0.137. The van der Waals surface area contributed by atoms with Crippen molar-refractivity contribution >= 4 is 17.4 Å². The van der Waals surface area contributed by atoms with Gasteiger partial charge in [-0.3, -0.25) is 9.69 Å². The van der Waals surface area contributed by atoms with Crippen LogP contribution in [0.4, 0.5) is 13.2 Å². The van der Waals surface area contributed by atoms with Gasteiger partial charge in [0, 0.05) is 32.0 Å². The number of carbonyl (C=O) groups excluding carboxylic acids is 1. The molecular weight excluding hydrogens is 515 g/mol. The molecule has 0 aliphatic carbocycles. The van der Waals surface area contributed by atoms with Crippen molar-refractivity contribution in [3.05, 3.63) is 40.2 Å². The van der Waals surface area contributed by atoms with Gasteiger partial charge in [-0.25, -0.2) is 4.98 Å². The van der Waals surface area contributed by atoms with Crippen molar-refractivity contribution in [1.29, 1.82) is 0 Å². The van der Waals surface area contributed by atoms with Crippen molar-refractivity contribution in [3.63, 3.8) is 0 Å². The first-order valence-electron chi connectivity index (χ1n) is 13.8. The number of rotatable bonds is 9. The van der Waals surface area contributed by atoms with Crippen molar-refractivity contribution in [3.8, 4) is 11.5 Å². The van der Waals surface area contributed by atoms with Crippen molar-refractivity contribution in [2.75, 3.05) is 32.7 Å². The number of hydrogen-bond donors (Lipinski definition) is 0. The summed E-state index contributed by atoms with van der Waals surface area (Å²) >= 11 is 6.12. The van der Waals surface area contributed by atoms with Gasteiger partial charge >= 0.3 is 6.18 Å². The molecule has 2 aliphatic rings. The number of oxazole rings is 1. The monoisotopic (exact) mass is 553 g/mol. The molecule has 2 saturated heterocycles. The molecule has 0 amide bonds. The van der Waals surface area contributed by atoms with Gasteiger partial charge in [-0.1, -0.05) is 31.5 Å². The van der Waals surface area contributed by atoms with E-state index in [2.05, 4.69) is 28.6 Å². The van der Waals surface area contributed by atoms with Crippen LogP contribution in [0, 0.1) is 24.7 Å². The molecule has 5 nitrogen and oxygen atoms in total. The maximum atomic E-state index is 13.5. The van der Waals surface area contributed by atoms with Crippen LogP contribution in [-0.2, 0) is 17.5 Å². The van der Waals surface area contributed by atoms with Crippen molar-refractivity contribution < 1.29 is 22.4 Å². The predicted molar refractivity (Wildman–Crippen MR) is 143 cm³/mol. The fourth-order valence-electron chi connectivity index (χ4n) is 6.10. The summed E-state index contributed by atoms with van der Waals surface area (Å²) in [5.74, 6) is 2.33. The lowest BCUT2D eigenvalue weighted by Crippen LogP contribution is -2.39. The van der Waals surface area contributed by atoms with E-state index in [0.717, 1.165) is 63.2 Å². The Morgan fingerprint density at radius 3 is 2.45 bits per heavy atom. The van der Waals surface area contributed by atoms with E-state index in [1.54, 1.807) is 6.92 Å². The van der Waals surface area contributed by atoms with Gasteiger partial charge in [0.1, 0.15) is 11.5 Å². The highest BCUT2D eigenvalue weighted by atomic mass is 35.5. The van der Waals surface area contributed by atoms with Gasteiger partial charge < -0.3 is 9.32 Å². The number of likely N-dealkylation sites (tertiary alicyclic amines) is 2. The number of halogens is 4. The smallest absolute Gasteiger partial charge is 0.417 e. The number of nitrogens with zero attached hydrogens (tertiary/aromatic N) is 3. The summed E-state index contributed by atoms with van der Waals surface area (Å²) in [6, 6.07) is 3.66. The summed E-state index contributed by atoms with van der Waals surface area (Å²) in [6.45, 7) is 11.7. The molecule has 4 rings (SSSR count). The summed E-state index contributed by atoms with van der Waals surface area (Å²) in [6.07, 6.45) is 1.00. The zero-order chi connectivity index (χ0) is 27.4. The second kappa shape index (κ2) is 12.5. The minimum Gasteiger partial charge on any atom is -0.441 e. The van der Waals surface area contributed by atoms with Crippen molar-refractivity contribution in [1.82, 2.24) is 14.8 Å². The first-order valence-corrected chi connectivity index (χ1v) is 14.2. The van der Waals surface area contributed by atoms with E-state index in [1.165, 1.54) is 31.6 Å². The molecule has 0 N–H and O–H groups in total. The van der Waals surface area contributed by atoms with Crippen LogP contribution in [0.25, 0.3) is 11.5 Å². The first kappa shape index (κ1) is 29.1. The minimum atomic E-state index is -4.57. The third kappa shape index (κ3) is 7.39. The lowest BCUT2D eigenvalue weighted by atomic mass is 9.89. The number of benzene rings is 1. The van der Waals surface area contributed by atoms with Gasteiger partial charge in [0.25, 0.3) is 0 Å². The van der Waals surface area contributed by atoms with E-state index in [9.17, 15) is 18.0 Å². The number of hydrogen-bond acceptors (Lipinski definition) is 5. The molecule has 1 aromatic carbocycles. The second-order valence-electron chi connectivity index (χ2n) is 11.4. The molecule has 0 spiro atoms. The molecule has 0 bridgehead atoms. The van der Waals surface area contributed by atoms with Crippen LogP contribution < -0.4 is 0 Å². The molecular formula is C29H39ClF3N3O2. The Hall–Kier alpha value is -1.90. The lowest BCUT2D eigenvalue weighted by Gasteiger charge is -2.35. The maximum absolute atomic E-state index is 13.5. The third-order valence-corrected chi connectivity index (χ3v) is 8.25. The Labute approximate surface area is 228 Å². The third-order valence-electron chi connectivity index (χ3n) is 7.93. The molecule has 2 fully saturated rings. The Morgan fingerprint density at radius 1 is 1.11 bits per heavy atom. The number of carbonyl (C=O) groups is 1. The van der Waals surface area contributed by atoms with E-state index >= 15 is 0 Å². The Morgan fingerprint density at radius 2 is 1.79 bits per heavy atom. The summed E-state index contributed by atoms with van der Waals surface area (Å²) < 4.78 is 46.3. The average molecular weight is 554 g/mol. The number of Topliss-reactive ketones (excluding diaryl/α,β-unsaturated/α-hetero) is 1. The van der Waals surface area contributed by atoms with E-state index < -0.39 is 11.7 Å². The van der Waals surface area contributed by atoms with Gasteiger partial charge in [-0.2, -0.15) is 13.2 Å². The van der Waals surface area contributed by atoms with Gasteiger partial charge in [-0.15, -0.1) is 0 Å². The fourth-order valence-corrected chi connectivity index (χ4v) is 6.35. The summed E-state index contributed by atoms with van der Waals surface area (Å²) in [5, 5.41) is -0.0491. The van der Waals surface area contributed by atoms with E-state index in [-0.39, 0.29) is 22.4 Å². The van der Waals surface area contributed by atoms with Gasteiger partial charge in [0.2, 0.25) is 5.89 Å². The van der Waals surface area contributed by atoms with E-state index in [4.69, 9.17) is 16.0 Å². The fraction of sp³-hybridized carbons (Fsp3) is 0.655. The highest BCUT2D eigenvalue weighted by molar-refractivity contribution is 6.33. The standard InChI is InChI=1S/C29H39ClF3N3O2/c1-19-15-20(2)17-36(16-19)12-5-4-9-26(37)22-10-13-35(14-11-22)18-25-21(3)38-28(34-25)27-23(29(31,32)33)7-6-8-24(27)30/h6-8,19-20,22H,4-5,9-18H2,1-3H3/t19-,20+. The van der Waals surface area contributed by atoms with Crippen LogP contribution in [0.15, 0.2) is 22.6 Å². The van der Waals surface area contributed by atoms with Crippen molar-refractivity contribution in [2.24, 2.45) is 17.8 Å². The van der Waals surface area contributed by atoms with E-state index in [1.807, 2.05) is 0 Å². The Kier molecular flexibility index (Phi) is 9.58. The number of aryl methyl sites for hydroxylation is 1. The molecule has 3 heterocycles. The molecule has 0 saturated carbocycles. The Balaban J connectivity index is 1.25. The highest BCUT2D eigenvalue weighted by Gasteiger charge is 2.36. The Bertz CT molecular complexity index is 1090. The van der Waals surface area contributed by atoms with Crippen LogP contribution >= 0.6 is 11.6 Å². The molecule has 2 aromatic rings. The number of aromatic nitrogens is 1. The normalized spacial score (nSPS) is 22.2. The van der Waals surface area contributed by atoms with Gasteiger partial charge in [-0.05, 0) is 82.6 Å². The molecule has 2 aliphatic heterocycles. The SMILES string of the molecule is Cc1oc(-c2c(Cl)cccc2C(F)(F)F)nc1CN1CCC(C(=O)CCCCN2C[C@H](C)C[C@H](C)C2)CC1. The molecule has 38 heavy (non-hydrogen) atoms. The predicted octanol–water partition coefficient (Wildman–Crippen LogP) is 7.25. The summed E-state index contributed by atoms with van der Waals surface area (Å²) in [5.41, 5.74) is -0.499. The molecule has 1 aromatic heterocycles. The van der Waals surface area contributed by atoms with Gasteiger partial charge in [0.15, 0.2) is 0 Å². The summed E-state index contributed by atoms with van der Waals surface area (Å²) in [7, 11) is 0. The molecule has 2 atom stereocenters. The maximum Gasteiger partial charge on any atom is 0.417 e. The van der Waals surface area contributed by atoms with Crippen LogP contribution in [-0.4, -0.2) is 53.3 Å². The quantitative estimate of drug-likeness (QED) is 0.306. The van der Waals surface area contributed by atoms with Crippen LogP contribution in [0.5, 0.6) is 0 Å². The number of piperidine rings is 2. The van der Waals surface area contributed by atoms with Crippen LogP contribution in [0.2, 0.25) is 5.02 Å². The second-order valence-corrected chi connectivity index (χ2v) is 11.8. The van der Waals surface area contributed by atoms with Gasteiger partial charge in [0.05, 0.1) is 21.8 Å². The van der Waals surface area contributed by atoms with Crippen LogP contribution in [0.1, 0.15) is 69.4 Å². The first-order chi connectivity index (χ1) is 18.0. The molecule has 0 radical (unpaired) electrons. The number of unbranched alkanes of at least 4 members (excludes halogenated alkanes) is 1. The molecule has 210 valence electrons. The van der Waals surface area contributed by atoms with E-state index in [0.29, 0.717) is 30.2 Å². The molecule has 9 heteroatoms. The number of ketones is 1. The summed E-state index contributed by atoms with van der Waals surface area (Å²) in [4.78, 5) is 22.0. The highest BCUT2D eigenvalue weighted by Crippen LogP contribution is 2.41. The zero-order valence-corrected chi connectivity index (χ0v) is 23.4. The topological polar surface area (TPSA) is 49.6 Å². The van der Waals surface area contributed by atoms with Crippen molar-refractivity contribution in [2.45, 2.75) is 72.0 Å². The van der Waals surface area contributed by atoms with Crippen LogP contribution in [0.3, 0.4) is 0 Å². The minimum absolute atomic E-state index is 0.0491. The molecule has 0 unspecified atom stereocenters.